The first-order chi connectivity index (χ1) is 19.7. The van der Waals surface area contributed by atoms with Crippen LogP contribution in [0, 0.1) is 34.5 Å². The van der Waals surface area contributed by atoms with E-state index in [9.17, 15) is 4.79 Å². The van der Waals surface area contributed by atoms with Gasteiger partial charge in [-0.25, -0.2) is 4.39 Å². The van der Waals surface area contributed by atoms with Gasteiger partial charge in [0.2, 0.25) is 0 Å². The van der Waals surface area contributed by atoms with Crippen LogP contribution in [-0.4, -0.2) is 45.7 Å². The highest BCUT2D eigenvalue weighted by molar-refractivity contribution is 6.31. The number of ether oxygens (including phenoxy) is 1. The molecule has 1 aromatic carbocycles. The molecule has 2 aliphatic carbocycles. The van der Waals surface area contributed by atoms with Crippen LogP contribution >= 0.6 is 11.6 Å². The number of carbonyl (C=O) groups excluding carboxylic acids is 1. The number of benzene rings is 1. The maximum Gasteiger partial charge on any atom is 0.159 e. The molecule has 0 bridgehead atoms. The fourth-order valence-corrected chi connectivity index (χ4v) is 9.57. The van der Waals surface area contributed by atoms with Crippen molar-refractivity contribution in [3.8, 4) is 0 Å². The molecule has 6 nitrogen and oxygen atoms in total. The van der Waals surface area contributed by atoms with Gasteiger partial charge in [0.25, 0.3) is 0 Å². The van der Waals surface area contributed by atoms with Crippen LogP contribution in [0.25, 0.3) is 11.0 Å². The zero-order chi connectivity index (χ0) is 30.9. The average molecular weight is 605 g/mol. The van der Waals surface area contributed by atoms with Gasteiger partial charge >= 0.3 is 0 Å². The molecule has 2 aromatic rings. The summed E-state index contributed by atoms with van der Waals surface area (Å²) in [7, 11) is 1.77. The molecule has 2 N–H and O–H groups in total. The van der Waals surface area contributed by atoms with Crippen LogP contribution in [-0.2, 0) is 16.1 Å². The summed E-state index contributed by atoms with van der Waals surface area (Å²) >= 11 is 6.14. The average Bonchev–Trinajstić information content (AvgIpc) is 3.43. The zero-order valence-electron chi connectivity index (χ0n) is 27.0. The van der Waals surface area contributed by atoms with Crippen LogP contribution in [0.2, 0.25) is 5.02 Å². The number of alkyl halides is 1. The Bertz CT molecular complexity index is 1230. The molecule has 2 fully saturated rings. The van der Waals surface area contributed by atoms with Crippen LogP contribution in [0.5, 0.6) is 0 Å². The summed E-state index contributed by atoms with van der Waals surface area (Å²) < 4.78 is 21.4. The molecule has 1 aromatic heterocycles. The van der Waals surface area contributed by atoms with Gasteiger partial charge in [0.1, 0.15) is 23.2 Å². The van der Waals surface area contributed by atoms with Gasteiger partial charge in [-0.05, 0) is 107 Å². The van der Waals surface area contributed by atoms with E-state index in [1.807, 2.05) is 6.07 Å². The Hall–Kier alpha value is -1.57. The number of rotatable bonds is 13. The molecule has 0 radical (unpaired) electrons. The maximum atomic E-state index is 15.4. The number of Topliss-reactive ketones (excluding diaryl/α,β-unsaturated/α-hetero) is 1. The highest BCUT2D eigenvalue weighted by atomic mass is 35.5. The lowest BCUT2D eigenvalue weighted by molar-refractivity contribution is -0.127. The molecule has 42 heavy (non-hydrogen) atoms. The Kier molecular flexibility index (Phi) is 10.2. The van der Waals surface area contributed by atoms with E-state index in [4.69, 9.17) is 22.1 Å². The number of ketones is 1. The van der Waals surface area contributed by atoms with Crippen LogP contribution in [0.1, 0.15) is 106 Å². The van der Waals surface area contributed by atoms with E-state index >= 15 is 4.39 Å². The number of unbranched alkanes of at least 4 members (excludes halogenated alkanes) is 1. The third-order valence-electron chi connectivity index (χ3n) is 11.4. The minimum absolute atomic E-state index is 0.0348. The second-order valence-electron chi connectivity index (χ2n) is 14.6. The number of fused-ring (bicyclic) bond motifs is 2. The highest BCUT2D eigenvalue weighted by Crippen LogP contribution is 2.61. The Morgan fingerprint density at radius 3 is 2.57 bits per heavy atom. The smallest absolute Gasteiger partial charge is 0.159 e. The molecule has 8 heteroatoms. The van der Waals surface area contributed by atoms with Gasteiger partial charge < -0.3 is 10.5 Å². The monoisotopic (exact) mass is 604 g/mol. The Labute approximate surface area is 257 Å². The highest BCUT2D eigenvalue weighted by Gasteiger charge is 2.58. The summed E-state index contributed by atoms with van der Waals surface area (Å²) in [5, 5.41) is 9.71. The summed E-state index contributed by atoms with van der Waals surface area (Å²) in [5.74, 6) is 1.37. The van der Waals surface area contributed by atoms with Gasteiger partial charge in [0.05, 0.1) is 6.61 Å². The van der Waals surface area contributed by atoms with Crippen molar-refractivity contribution in [1.82, 2.24) is 15.0 Å². The van der Waals surface area contributed by atoms with Crippen LogP contribution in [0.15, 0.2) is 18.2 Å². The van der Waals surface area contributed by atoms with E-state index in [2.05, 4.69) is 37.9 Å². The van der Waals surface area contributed by atoms with E-state index < -0.39 is 11.2 Å². The number of hydrogen-bond acceptors (Lipinski definition) is 5. The molecule has 236 valence electrons. The summed E-state index contributed by atoms with van der Waals surface area (Å²) in [6, 6.07) is 5.42. The first kappa shape index (κ1) is 33.3. The Morgan fingerprint density at radius 2 is 1.93 bits per heavy atom. The summed E-state index contributed by atoms with van der Waals surface area (Å²) in [5.41, 5.74) is 6.32. The van der Waals surface area contributed by atoms with Crippen LogP contribution < -0.4 is 5.73 Å². The minimum atomic E-state index is -1.37. The third-order valence-corrected chi connectivity index (χ3v) is 11.6. The molecule has 2 unspecified atom stereocenters. The van der Waals surface area contributed by atoms with Crippen molar-refractivity contribution in [1.29, 1.82) is 0 Å². The summed E-state index contributed by atoms with van der Waals surface area (Å²) in [4.78, 5) is 15.5. The molecular weight excluding hydrogens is 551 g/mol. The van der Waals surface area contributed by atoms with Crippen molar-refractivity contribution in [2.75, 3.05) is 13.7 Å². The van der Waals surface area contributed by atoms with Gasteiger partial charge in [-0.3, -0.25) is 4.79 Å². The normalized spacial score (nSPS) is 29.6. The Morgan fingerprint density at radius 1 is 1.21 bits per heavy atom. The predicted octanol–water partition coefficient (Wildman–Crippen LogP) is 8.19. The number of halogens is 2. The van der Waals surface area contributed by atoms with Gasteiger partial charge in [0.15, 0.2) is 5.78 Å². The first-order valence-corrected chi connectivity index (χ1v) is 16.6. The van der Waals surface area contributed by atoms with E-state index in [1.165, 1.54) is 0 Å². The lowest BCUT2D eigenvalue weighted by Gasteiger charge is -2.54. The number of carbonyl (C=O) groups is 1. The topological polar surface area (TPSA) is 83.0 Å². The fourth-order valence-electron chi connectivity index (χ4n) is 9.40. The lowest BCUT2D eigenvalue weighted by atomic mass is 9.54. The predicted molar refractivity (Wildman–Crippen MR) is 169 cm³/mol. The Balaban J connectivity index is 1.63. The van der Waals surface area contributed by atoms with Crippen LogP contribution in [0.3, 0.4) is 0 Å². The molecule has 4 rings (SSSR count). The van der Waals surface area contributed by atoms with Gasteiger partial charge in [-0.2, -0.15) is 15.0 Å². The molecule has 0 saturated heterocycles. The van der Waals surface area contributed by atoms with Gasteiger partial charge in [-0.15, -0.1) is 0 Å². The number of aromatic nitrogens is 3. The molecule has 0 amide bonds. The molecule has 0 aliphatic heterocycles. The summed E-state index contributed by atoms with van der Waals surface area (Å²) in [6.45, 7) is 13.1. The number of nitrogens with zero attached hydrogens (tertiary/aromatic N) is 3. The van der Waals surface area contributed by atoms with E-state index in [0.717, 1.165) is 56.9 Å². The lowest BCUT2D eigenvalue weighted by Crippen LogP contribution is -2.62. The second kappa shape index (κ2) is 12.8. The van der Waals surface area contributed by atoms with Crippen molar-refractivity contribution < 1.29 is 13.9 Å². The molecule has 0 spiro atoms. The molecular formula is C34H54ClFN4O2. The second-order valence-corrected chi connectivity index (χ2v) is 15.1. The molecule has 1 heterocycles. The van der Waals surface area contributed by atoms with Crippen molar-refractivity contribution in [2.24, 2.45) is 40.2 Å². The van der Waals surface area contributed by atoms with E-state index in [-0.39, 0.29) is 29.1 Å². The van der Waals surface area contributed by atoms with Crippen molar-refractivity contribution in [2.45, 2.75) is 124 Å². The van der Waals surface area contributed by atoms with E-state index in [1.54, 1.807) is 37.9 Å². The largest absolute Gasteiger partial charge is 0.384 e. The van der Waals surface area contributed by atoms with Gasteiger partial charge in [-0.1, -0.05) is 52.1 Å². The first-order valence-electron chi connectivity index (χ1n) is 16.2. The molecule has 2 aliphatic rings. The fraction of sp³-hybridized carbons (Fsp3) is 0.794. The van der Waals surface area contributed by atoms with Crippen molar-refractivity contribution in [3.63, 3.8) is 0 Å². The van der Waals surface area contributed by atoms with Crippen molar-refractivity contribution in [3.05, 3.63) is 23.2 Å². The van der Waals surface area contributed by atoms with Crippen molar-refractivity contribution >= 4 is 28.4 Å². The summed E-state index contributed by atoms with van der Waals surface area (Å²) in [6.07, 6.45) is 8.98. The number of nitrogens with two attached hydrogens (primary N) is 1. The minimum Gasteiger partial charge on any atom is -0.384 e. The van der Waals surface area contributed by atoms with Gasteiger partial charge in [0, 0.05) is 29.0 Å². The number of hydrogen-bond donors (Lipinski definition) is 1. The number of methoxy groups -OCH3 is 1. The molecule has 7 atom stereocenters. The quantitative estimate of drug-likeness (QED) is 0.249. The molecule has 2 saturated carbocycles. The third kappa shape index (κ3) is 6.44. The maximum absolute atomic E-state index is 15.4. The van der Waals surface area contributed by atoms with E-state index in [0.29, 0.717) is 47.7 Å². The zero-order valence-corrected chi connectivity index (χ0v) is 27.8. The van der Waals surface area contributed by atoms with Crippen LogP contribution in [0.4, 0.5) is 4.39 Å². The standard InChI is InChI=1S/C34H54ClFN4O2/c1-8-10-16-33(22-42-7,34(37,9-2)21-31(4,5)36)24-15-17-32(6)26(23(3)18-24)12-13-27(32)30(41)20-40-38-28-14-11-25(35)19-29(28)39-40/h11,14,19,23-24,26-27H,8-10,12-13,15-18,20-22,37H2,1-7H3/t23-,24?,26?,27-,32+,33+,34+/m1/s1. The SMILES string of the molecule is CCCC[C@](COC)(C1CC[C@@]2(C)C(CC[C@@H]2C(=O)Cn2nc3ccc(Cl)cc3n2)[C@H](C)C1)[C@](N)(CC)CC(C)(C)F.